The van der Waals surface area contributed by atoms with Gasteiger partial charge in [0.15, 0.2) is 18.0 Å². The number of guanidine groups is 1. The number of nitrogens with zero attached hydrogens (tertiary/aromatic N) is 2. The van der Waals surface area contributed by atoms with Crippen molar-refractivity contribution in [1.82, 2.24) is 9.97 Å². The van der Waals surface area contributed by atoms with Gasteiger partial charge in [0.05, 0.1) is 18.5 Å². The zero-order valence-electron chi connectivity index (χ0n) is 10.7. The molecule has 3 atom stereocenters. The van der Waals surface area contributed by atoms with E-state index in [0.29, 0.717) is 0 Å². The third kappa shape index (κ3) is 3.73. The standard InChI is InChI=1S/C10H16FN5O4/c1-20-7(6(11)5(18)3-17)4-2-14-8(15-4)9(19)16-10(12)13/h2,5-7,17-18H,3H2,1H3,(H,14,15)(H4,12,13,16,19). The number of alkyl halides is 1. The molecule has 1 amide bonds. The van der Waals surface area contributed by atoms with E-state index in [1.165, 1.54) is 7.11 Å². The Morgan fingerprint density at radius 1 is 1.65 bits per heavy atom. The lowest BCUT2D eigenvalue weighted by molar-refractivity contribution is -0.0536. The van der Waals surface area contributed by atoms with E-state index in [2.05, 4.69) is 15.0 Å². The Balaban J connectivity index is 2.94. The van der Waals surface area contributed by atoms with Crippen LogP contribution in [-0.2, 0) is 4.74 Å². The third-order valence-electron chi connectivity index (χ3n) is 2.43. The fraction of sp³-hybridized carbons (Fsp3) is 0.500. The first-order valence-corrected chi connectivity index (χ1v) is 5.55. The van der Waals surface area contributed by atoms with Crippen LogP contribution in [0.5, 0.6) is 0 Å². The summed E-state index contributed by atoms with van der Waals surface area (Å²) in [5, 5.41) is 18.0. The van der Waals surface area contributed by atoms with Crippen LogP contribution < -0.4 is 11.5 Å². The highest BCUT2D eigenvalue weighted by Crippen LogP contribution is 2.24. The molecule has 1 aromatic rings. The smallest absolute Gasteiger partial charge is 0.315 e. The number of hydrogen-bond donors (Lipinski definition) is 5. The Hall–Kier alpha value is -2.04. The lowest BCUT2D eigenvalue weighted by atomic mass is 10.1. The largest absolute Gasteiger partial charge is 0.394 e. The van der Waals surface area contributed by atoms with E-state index in [9.17, 15) is 14.3 Å². The number of aliphatic hydroxyl groups excluding tert-OH is 2. The number of nitrogens with two attached hydrogens (primary N) is 2. The summed E-state index contributed by atoms with van der Waals surface area (Å²) < 4.78 is 18.7. The van der Waals surface area contributed by atoms with Gasteiger partial charge >= 0.3 is 5.91 Å². The van der Waals surface area contributed by atoms with Crippen LogP contribution in [0.2, 0.25) is 0 Å². The number of aromatic nitrogens is 2. The monoisotopic (exact) mass is 289 g/mol. The summed E-state index contributed by atoms with van der Waals surface area (Å²) in [4.78, 5) is 20.9. The van der Waals surface area contributed by atoms with Crippen molar-refractivity contribution in [2.45, 2.75) is 18.4 Å². The quantitative estimate of drug-likeness (QED) is 0.305. The third-order valence-corrected chi connectivity index (χ3v) is 2.43. The number of methoxy groups -OCH3 is 1. The van der Waals surface area contributed by atoms with E-state index in [-0.39, 0.29) is 11.5 Å². The van der Waals surface area contributed by atoms with Crippen molar-refractivity contribution in [3.05, 3.63) is 17.7 Å². The Kier molecular flexibility index (Phi) is 5.55. The molecule has 0 spiro atoms. The van der Waals surface area contributed by atoms with Gasteiger partial charge in [-0.25, -0.2) is 9.37 Å². The van der Waals surface area contributed by atoms with Gasteiger partial charge in [0.25, 0.3) is 0 Å². The van der Waals surface area contributed by atoms with Crippen molar-refractivity contribution in [1.29, 1.82) is 0 Å². The normalized spacial score (nSPS) is 15.4. The summed E-state index contributed by atoms with van der Waals surface area (Å²) in [6.07, 6.45) is -3.61. The number of ether oxygens (including phenoxy) is 1. The van der Waals surface area contributed by atoms with Gasteiger partial charge in [0, 0.05) is 7.11 Å². The number of carbonyl (C=O) groups is 1. The predicted octanol–water partition coefficient (Wildman–Crippen LogP) is -1.80. The number of aliphatic hydroxyl groups is 2. The molecule has 0 aliphatic rings. The van der Waals surface area contributed by atoms with Gasteiger partial charge in [-0.15, -0.1) is 0 Å². The molecule has 0 radical (unpaired) electrons. The van der Waals surface area contributed by atoms with Crippen molar-refractivity contribution >= 4 is 11.9 Å². The second-order valence-electron chi connectivity index (χ2n) is 3.88. The summed E-state index contributed by atoms with van der Waals surface area (Å²) in [6, 6.07) is 0. The first-order chi connectivity index (χ1) is 9.40. The lowest BCUT2D eigenvalue weighted by Gasteiger charge is -2.21. The predicted molar refractivity (Wildman–Crippen MR) is 66.5 cm³/mol. The highest BCUT2D eigenvalue weighted by Gasteiger charge is 2.31. The van der Waals surface area contributed by atoms with E-state index in [4.69, 9.17) is 21.3 Å². The van der Waals surface area contributed by atoms with Crippen LogP contribution in [0.25, 0.3) is 0 Å². The van der Waals surface area contributed by atoms with Crippen LogP contribution in [0.4, 0.5) is 4.39 Å². The number of H-pyrrole nitrogens is 1. The molecule has 20 heavy (non-hydrogen) atoms. The number of hydrogen-bond acceptors (Lipinski definition) is 5. The number of amides is 1. The summed E-state index contributed by atoms with van der Waals surface area (Å²) in [7, 11) is 1.21. The van der Waals surface area contributed by atoms with Crippen molar-refractivity contribution in [3.8, 4) is 0 Å². The first kappa shape index (κ1) is 16.0. The molecule has 0 bridgehead atoms. The fourth-order valence-electron chi connectivity index (χ4n) is 1.49. The maximum Gasteiger partial charge on any atom is 0.315 e. The number of aliphatic imine (C=N–C) groups is 1. The summed E-state index contributed by atoms with van der Waals surface area (Å²) >= 11 is 0. The number of rotatable bonds is 6. The second-order valence-corrected chi connectivity index (χ2v) is 3.88. The highest BCUT2D eigenvalue weighted by atomic mass is 19.1. The van der Waals surface area contributed by atoms with Crippen LogP contribution in [0.3, 0.4) is 0 Å². The molecule has 0 saturated heterocycles. The van der Waals surface area contributed by atoms with Gasteiger partial charge in [0.2, 0.25) is 0 Å². The minimum atomic E-state index is -1.91. The molecule has 3 unspecified atom stereocenters. The van der Waals surface area contributed by atoms with Crippen LogP contribution in [0.15, 0.2) is 11.2 Å². The zero-order valence-corrected chi connectivity index (χ0v) is 10.7. The molecule has 0 aliphatic carbocycles. The topological polar surface area (TPSA) is 160 Å². The molecule has 0 aromatic carbocycles. The van der Waals surface area contributed by atoms with Crippen LogP contribution in [0, 0.1) is 0 Å². The van der Waals surface area contributed by atoms with Crippen molar-refractivity contribution in [3.63, 3.8) is 0 Å². The van der Waals surface area contributed by atoms with Crippen molar-refractivity contribution in [2.24, 2.45) is 16.5 Å². The van der Waals surface area contributed by atoms with Gasteiger partial charge in [-0.3, -0.25) is 4.79 Å². The highest BCUT2D eigenvalue weighted by molar-refractivity contribution is 5.99. The number of imidazole rings is 1. The first-order valence-electron chi connectivity index (χ1n) is 5.55. The molecular weight excluding hydrogens is 273 g/mol. The minimum Gasteiger partial charge on any atom is -0.394 e. The van der Waals surface area contributed by atoms with Gasteiger partial charge < -0.3 is 31.4 Å². The SMILES string of the molecule is COC(c1cnc(C(=O)N=C(N)N)[nH]1)C(F)C(O)CO. The van der Waals surface area contributed by atoms with E-state index in [1.807, 2.05) is 0 Å². The Labute approximate surface area is 113 Å². The number of halogens is 1. The average Bonchev–Trinajstić information content (AvgIpc) is 2.87. The van der Waals surface area contributed by atoms with Gasteiger partial charge in [0.1, 0.15) is 12.2 Å². The Morgan fingerprint density at radius 3 is 2.80 bits per heavy atom. The van der Waals surface area contributed by atoms with Gasteiger partial charge in [-0.2, -0.15) is 4.99 Å². The molecule has 1 heterocycles. The molecule has 0 aliphatic heterocycles. The second kappa shape index (κ2) is 6.93. The van der Waals surface area contributed by atoms with Gasteiger partial charge in [-0.05, 0) is 0 Å². The van der Waals surface area contributed by atoms with E-state index in [1.54, 1.807) is 0 Å². The zero-order chi connectivity index (χ0) is 15.3. The number of nitrogens with one attached hydrogen (secondary N) is 1. The average molecular weight is 289 g/mol. The maximum absolute atomic E-state index is 13.8. The summed E-state index contributed by atoms with van der Waals surface area (Å²) in [5.74, 6) is -1.47. The molecule has 0 fully saturated rings. The van der Waals surface area contributed by atoms with Crippen molar-refractivity contribution in [2.75, 3.05) is 13.7 Å². The molecule has 0 saturated carbocycles. The lowest BCUT2D eigenvalue weighted by Crippen LogP contribution is -2.32. The molecule has 9 nitrogen and oxygen atoms in total. The van der Waals surface area contributed by atoms with E-state index >= 15 is 0 Å². The maximum atomic E-state index is 13.8. The summed E-state index contributed by atoms with van der Waals surface area (Å²) in [6.45, 7) is -0.769. The molecule has 10 heteroatoms. The molecule has 7 N–H and O–H groups in total. The van der Waals surface area contributed by atoms with E-state index < -0.39 is 36.9 Å². The Morgan fingerprint density at radius 2 is 2.30 bits per heavy atom. The number of aromatic amines is 1. The molecule has 1 rings (SSSR count). The Bertz CT molecular complexity index is 488. The van der Waals surface area contributed by atoms with Crippen LogP contribution in [-0.4, -0.2) is 58.0 Å². The van der Waals surface area contributed by atoms with Gasteiger partial charge in [-0.1, -0.05) is 0 Å². The minimum absolute atomic E-state index is 0.0987. The number of carbonyl (C=O) groups excluding carboxylic acids is 1. The molecule has 1 aromatic heterocycles. The van der Waals surface area contributed by atoms with Crippen molar-refractivity contribution < 1.29 is 24.1 Å². The molecular formula is C10H16FN5O4. The van der Waals surface area contributed by atoms with E-state index in [0.717, 1.165) is 6.20 Å². The molecule has 112 valence electrons. The fourth-order valence-corrected chi connectivity index (χ4v) is 1.49. The summed E-state index contributed by atoms with van der Waals surface area (Å²) in [5.41, 5.74) is 10.2. The van der Waals surface area contributed by atoms with Crippen LogP contribution >= 0.6 is 0 Å². The van der Waals surface area contributed by atoms with Crippen LogP contribution in [0.1, 0.15) is 22.4 Å².